The Hall–Kier alpha value is -2.09. The van der Waals surface area contributed by atoms with E-state index in [1.807, 2.05) is 0 Å². The number of thiophene rings is 1. The maximum absolute atomic E-state index is 12.6. The zero-order chi connectivity index (χ0) is 18.9. The number of rotatable bonds is 3. The lowest BCUT2D eigenvalue weighted by Gasteiger charge is -2.20. The highest BCUT2D eigenvalue weighted by Gasteiger charge is 2.42. The smallest absolute Gasteiger partial charge is 0.341 e. The van der Waals surface area contributed by atoms with Crippen molar-refractivity contribution >= 4 is 34.3 Å². The quantitative estimate of drug-likeness (QED) is 0.620. The fourth-order valence-electron chi connectivity index (χ4n) is 3.63. The molecular formula is C18H24N2O5S. The average Bonchev–Trinajstić information content (AvgIpc) is 3.08. The van der Waals surface area contributed by atoms with Crippen molar-refractivity contribution in [3.05, 3.63) is 16.0 Å². The van der Waals surface area contributed by atoms with Crippen molar-refractivity contribution in [3.8, 4) is 0 Å². The van der Waals surface area contributed by atoms with Crippen molar-refractivity contribution in [2.24, 2.45) is 5.41 Å². The third-order valence-electron chi connectivity index (χ3n) is 5.31. The van der Waals surface area contributed by atoms with Crippen LogP contribution in [0.2, 0.25) is 0 Å². The Labute approximate surface area is 156 Å². The molecule has 1 fully saturated rings. The van der Waals surface area contributed by atoms with E-state index in [1.165, 1.54) is 23.3 Å². The SMILES string of the molecule is COC(=O)c1c(NC(=O)N2CCC(C)(C(=O)O)C2)sc2c1CCCCC2. The van der Waals surface area contributed by atoms with E-state index in [0.717, 1.165) is 42.5 Å². The number of amides is 2. The van der Waals surface area contributed by atoms with Gasteiger partial charge in [0.1, 0.15) is 5.00 Å². The van der Waals surface area contributed by atoms with E-state index in [4.69, 9.17) is 4.74 Å². The normalized spacial score (nSPS) is 22.5. The van der Waals surface area contributed by atoms with Gasteiger partial charge >= 0.3 is 18.0 Å². The molecule has 0 radical (unpaired) electrons. The second-order valence-electron chi connectivity index (χ2n) is 7.23. The fourth-order valence-corrected chi connectivity index (χ4v) is 4.90. The molecule has 2 aliphatic rings. The third-order valence-corrected chi connectivity index (χ3v) is 6.52. The molecule has 1 aliphatic carbocycles. The molecule has 2 N–H and O–H groups in total. The van der Waals surface area contributed by atoms with Crippen LogP contribution in [0.25, 0.3) is 0 Å². The number of ether oxygens (including phenoxy) is 1. The van der Waals surface area contributed by atoms with E-state index in [2.05, 4.69) is 5.32 Å². The summed E-state index contributed by atoms with van der Waals surface area (Å²) in [6, 6.07) is -0.364. The van der Waals surface area contributed by atoms with Gasteiger partial charge in [0.2, 0.25) is 0 Å². The number of carboxylic acids is 1. The van der Waals surface area contributed by atoms with Crippen molar-refractivity contribution in [1.29, 1.82) is 0 Å². The summed E-state index contributed by atoms with van der Waals surface area (Å²) >= 11 is 1.44. The molecule has 0 saturated carbocycles. The van der Waals surface area contributed by atoms with Crippen LogP contribution < -0.4 is 5.32 Å². The molecule has 0 aromatic carbocycles. The van der Waals surface area contributed by atoms with E-state index in [0.29, 0.717) is 23.5 Å². The van der Waals surface area contributed by atoms with Crippen LogP contribution in [0.1, 0.15) is 53.4 Å². The van der Waals surface area contributed by atoms with E-state index >= 15 is 0 Å². The first kappa shape index (κ1) is 18.7. The van der Waals surface area contributed by atoms with Gasteiger partial charge in [0.15, 0.2) is 0 Å². The maximum Gasteiger partial charge on any atom is 0.341 e. The van der Waals surface area contributed by atoms with Gasteiger partial charge < -0.3 is 14.7 Å². The summed E-state index contributed by atoms with van der Waals surface area (Å²) in [6.07, 6.45) is 5.36. The van der Waals surface area contributed by atoms with Crippen LogP contribution in [0.5, 0.6) is 0 Å². The molecule has 3 rings (SSSR count). The largest absolute Gasteiger partial charge is 0.481 e. The number of carbonyl (C=O) groups is 3. The summed E-state index contributed by atoms with van der Waals surface area (Å²) in [4.78, 5) is 39.0. The number of nitrogens with zero attached hydrogens (tertiary/aromatic N) is 1. The van der Waals surface area contributed by atoms with E-state index in [9.17, 15) is 19.5 Å². The molecule has 2 amide bonds. The zero-order valence-corrected chi connectivity index (χ0v) is 15.9. The van der Waals surface area contributed by atoms with Crippen LogP contribution in [-0.2, 0) is 22.4 Å². The molecule has 142 valence electrons. The first-order valence-electron chi connectivity index (χ1n) is 8.88. The lowest BCUT2D eigenvalue weighted by atomic mass is 9.90. The Morgan fingerprint density at radius 2 is 1.96 bits per heavy atom. The van der Waals surface area contributed by atoms with Crippen molar-refractivity contribution in [1.82, 2.24) is 4.90 Å². The number of fused-ring (bicyclic) bond motifs is 1. The molecule has 8 heteroatoms. The lowest BCUT2D eigenvalue weighted by Crippen LogP contribution is -2.37. The Bertz CT molecular complexity index is 744. The summed E-state index contributed by atoms with van der Waals surface area (Å²) in [5.74, 6) is -1.33. The Morgan fingerprint density at radius 1 is 1.23 bits per heavy atom. The number of carbonyl (C=O) groups excluding carboxylic acids is 2. The summed E-state index contributed by atoms with van der Waals surface area (Å²) in [5.41, 5.74) is 0.532. The second-order valence-corrected chi connectivity index (χ2v) is 8.33. The number of anilines is 1. The third kappa shape index (κ3) is 3.42. The Balaban J connectivity index is 1.82. The number of methoxy groups -OCH3 is 1. The van der Waals surface area contributed by atoms with Crippen LogP contribution in [0, 0.1) is 5.41 Å². The number of esters is 1. The number of nitrogens with one attached hydrogen (secondary N) is 1. The van der Waals surface area contributed by atoms with Crippen LogP contribution in [0.3, 0.4) is 0 Å². The number of aliphatic carboxylic acids is 1. The molecule has 0 bridgehead atoms. The van der Waals surface area contributed by atoms with Gasteiger partial charge in [-0.05, 0) is 44.6 Å². The van der Waals surface area contributed by atoms with Crippen molar-refractivity contribution < 1.29 is 24.2 Å². The average molecular weight is 380 g/mol. The Kier molecular flexibility index (Phi) is 5.22. The predicted octanol–water partition coefficient (Wildman–Crippen LogP) is 3.13. The van der Waals surface area contributed by atoms with Crippen LogP contribution in [0.15, 0.2) is 0 Å². The number of aryl methyl sites for hydroxylation is 1. The van der Waals surface area contributed by atoms with Gasteiger partial charge in [-0.3, -0.25) is 10.1 Å². The number of hydrogen-bond donors (Lipinski definition) is 2. The molecule has 1 aromatic rings. The van der Waals surface area contributed by atoms with E-state index in [1.54, 1.807) is 6.92 Å². The van der Waals surface area contributed by atoms with Crippen molar-refractivity contribution in [2.75, 3.05) is 25.5 Å². The first-order chi connectivity index (χ1) is 12.4. The van der Waals surface area contributed by atoms with Crippen molar-refractivity contribution in [3.63, 3.8) is 0 Å². The van der Waals surface area contributed by atoms with Crippen LogP contribution in [0.4, 0.5) is 9.80 Å². The maximum atomic E-state index is 12.6. The van der Waals surface area contributed by atoms with E-state index in [-0.39, 0.29) is 12.6 Å². The Morgan fingerprint density at radius 3 is 2.62 bits per heavy atom. The summed E-state index contributed by atoms with van der Waals surface area (Å²) in [5, 5.41) is 12.7. The van der Waals surface area contributed by atoms with Gasteiger partial charge in [0, 0.05) is 18.0 Å². The van der Waals surface area contributed by atoms with Crippen LogP contribution >= 0.6 is 11.3 Å². The molecule has 7 nitrogen and oxygen atoms in total. The molecule has 1 aliphatic heterocycles. The van der Waals surface area contributed by atoms with Crippen LogP contribution in [-0.4, -0.2) is 48.2 Å². The minimum Gasteiger partial charge on any atom is -0.481 e. The molecule has 0 spiro atoms. The highest BCUT2D eigenvalue weighted by Crippen LogP contribution is 2.38. The zero-order valence-electron chi connectivity index (χ0n) is 15.1. The number of carboxylic acid groups (broad SMARTS) is 1. The van der Waals surface area contributed by atoms with Gasteiger partial charge in [-0.1, -0.05) is 6.42 Å². The molecule has 1 aromatic heterocycles. The minimum absolute atomic E-state index is 0.160. The molecule has 1 saturated heterocycles. The number of likely N-dealkylation sites (tertiary alicyclic amines) is 1. The van der Waals surface area contributed by atoms with Crippen molar-refractivity contribution in [2.45, 2.75) is 45.4 Å². The molecule has 1 atom stereocenters. The monoisotopic (exact) mass is 380 g/mol. The molecule has 2 heterocycles. The minimum atomic E-state index is -0.922. The van der Waals surface area contributed by atoms with Gasteiger partial charge in [-0.25, -0.2) is 9.59 Å². The molecular weight excluding hydrogens is 356 g/mol. The van der Waals surface area contributed by atoms with E-state index < -0.39 is 17.4 Å². The highest BCUT2D eigenvalue weighted by molar-refractivity contribution is 7.17. The fraction of sp³-hybridized carbons (Fsp3) is 0.611. The summed E-state index contributed by atoms with van der Waals surface area (Å²) in [6.45, 7) is 2.19. The van der Waals surface area contributed by atoms with Gasteiger partial charge in [-0.2, -0.15) is 0 Å². The summed E-state index contributed by atoms with van der Waals surface area (Å²) in [7, 11) is 1.34. The lowest BCUT2D eigenvalue weighted by molar-refractivity contribution is -0.146. The topological polar surface area (TPSA) is 95.9 Å². The van der Waals surface area contributed by atoms with Gasteiger partial charge in [-0.15, -0.1) is 11.3 Å². The van der Waals surface area contributed by atoms with Gasteiger partial charge in [0.05, 0.1) is 18.1 Å². The standard InChI is InChI=1S/C18H24N2O5S/c1-18(16(22)23)8-9-20(10-18)17(24)19-14-13(15(21)25-2)11-6-4-3-5-7-12(11)26-14/h3-10H2,1-2H3,(H,19,24)(H,22,23). The second kappa shape index (κ2) is 7.26. The van der Waals surface area contributed by atoms with Gasteiger partial charge in [0.25, 0.3) is 0 Å². The molecule has 1 unspecified atom stereocenters. The summed E-state index contributed by atoms with van der Waals surface area (Å²) < 4.78 is 4.94. The number of hydrogen-bond acceptors (Lipinski definition) is 5. The first-order valence-corrected chi connectivity index (χ1v) is 9.69. The predicted molar refractivity (Wildman–Crippen MR) is 97.9 cm³/mol. The number of urea groups is 1. The highest BCUT2D eigenvalue weighted by atomic mass is 32.1. The molecule has 26 heavy (non-hydrogen) atoms.